The fraction of sp³-hybridized carbons (Fsp3) is 0.667. The van der Waals surface area contributed by atoms with Gasteiger partial charge in [0, 0.05) is 37.4 Å². The zero-order valence-electron chi connectivity index (χ0n) is 16.3. The number of hydrogen-bond acceptors (Lipinski definition) is 4. The highest BCUT2D eigenvalue weighted by Crippen LogP contribution is 2.33. The van der Waals surface area contributed by atoms with Crippen LogP contribution in [0.15, 0.2) is 18.2 Å². The Morgan fingerprint density at radius 1 is 1.04 bits per heavy atom. The van der Waals surface area contributed by atoms with E-state index < -0.39 is 0 Å². The van der Waals surface area contributed by atoms with E-state index in [1.165, 1.54) is 38.1 Å². The summed E-state index contributed by atoms with van der Waals surface area (Å²) in [7, 11) is 0. The van der Waals surface area contributed by atoms with Gasteiger partial charge in [0.25, 0.3) is 5.91 Å². The first-order chi connectivity index (χ1) is 13.1. The molecule has 1 amide bonds. The average molecular weight is 375 g/mol. The third-order valence-corrected chi connectivity index (χ3v) is 6.54. The summed E-state index contributed by atoms with van der Waals surface area (Å²) in [6.45, 7) is 8.92. The van der Waals surface area contributed by atoms with Gasteiger partial charge in [0.2, 0.25) is 0 Å². The van der Waals surface area contributed by atoms with Crippen LogP contribution in [-0.4, -0.2) is 73.7 Å². The second-order valence-corrected chi connectivity index (χ2v) is 8.24. The Morgan fingerprint density at radius 2 is 1.70 bits per heavy atom. The Hall–Kier alpha value is -1.66. The highest BCUT2D eigenvalue weighted by atomic mass is 19.1. The summed E-state index contributed by atoms with van der Waals surface area (Å²) in [5.41, 5.74) is 1.52. The summed E-state index contributed by atoms with van der Waals surface area (Å²) in [5, 5.41) is 0. The smallest absolute Gasteiger partial charge is 0.256 e. The van der Waals surface area contributed by atoms with Crippen molar-refractivity contribution >= 4 is 11.6 Å². The Labute approximate surface area is 161 Å². The zero-order chi connectivity index (χ0) is 18.9. The number of nitrogens with zero attached hydrogens (tertiary/aromatic N) is 3. The van der Waals surface area contributed by atoms with Crippen LogP contribution < -0.4 is 4.90 Å². The standard InChI is InChI=1S/C21H30FN3O2/c1-21(25-8-2-3-9-25)6-10-24(11-7-21)20(26)18-16-17(22)4-5-19(18)23-12-14-27-15-13-23/h4-5,16H,2-3,6-15H2,1H3. The van der Waals surface area contributed by atoms with Crippen molar-refractivity contribution in [2.24, 2.45) is 0 Å². The summed E-state index contributed by atoms with van der Waals surface area (Å²) in [6, 6.07) is 4.59. The molecule has 0 atom stereocenters. The molecule has 4 rings (SSSR count). The summed E-state index contributed by atoms with van der Waals surface area (Å²) in [5.74, 6) is -0.395. The van der Waals surface area contributed by atoms with Crippen LogP contribution in [0.2, 0.25) is 0 Å². The van der Waals surface area contributed by atoms with Crippen LogP contribution in [0, 0.1) is 5.82 Å². The molecule has 0 N–H and O–H groups in total. The largest absolute Gasteiger partial charge is 0.378 e. The molecule has 0 aliphatic carbocycles. The molecule has 6 heteroatoms. The van der Waals surface area contributed by atoms with Gasteiger partial charge in [-0.2, -0.15) is 0 Å². The molecule has 5 nitrogen and oxygen atoms in total. The number of ether oxygens (including phenoxy) is 1. The highest BCUT2D eigenvalue weighted by molar-refractivity contribution is 6.00. The lowest BCUT2D eigenvalue weighted by molar-refractivity contribution is 0.0405. The van der Waals surface area contributed by atoms with Gasteiger partial charge in [-0.25, -0.2) is 4.39 Å². The summed E-state index contributed by atoms with van der Waals surface area (Å²) < 4.78 is 19.4. The van der Waals surface area contributed by atoms with Gasteiger partial charge in [0.1, 0.15) is 5.82 Å². The molecular weight excluding hydrogens is 345 g/mol. The van der Waals surface area contributed by atoms with E-state index in [0.29, 0.717) is 18.8 Å². The van der Waals surface area contributed by atoms with E-state index in [-0.39, 0.29) is 17.3 Å². The minimum absolute atomic E-state index is 0.0422. The second-order valence-electron chi connectivity index (χ2n) is 8.24. The Balaban J connectivity index is 1.49. The number of amides is 1. The molecule has 3 aliphatic rings. The van der Waals surface area contributed by atoms with Crippen molar-refractivity contribution in [1.29, 1.82) is 0 Å². The molecule has 0 spiro atoms. The molecule has 0 saturated carbocycles. The van der Waals surface area contributed by atoms with E-state index >= 15 is 0 Å². The first-order valence-corrected chi connectivity index (χ1v) is 10.2. The molecule has 3 fully saturated rings. The van der Waals surface area contributed by atoms with Crippen LogP contribution in [0.25, 0.3) is 0 Å². The van der Waals surface area contributed by atoms with E-state index in [2.05, 4.69) is 16.7 Å². The Bertz CT molecular complexity index is 676. The molecular formula is C21H30FN3O2. The highest BCUT2D eigenvalue weighted by Gasteiger charge is 2.38. The van der Waals surface area contributed by atoms with E-state index in [1.54, 1.807) is 6.07 Å². The van der Waals surface area contributed by atoms with Gasteiger partial charge in [-0.1, -0.05) is 0 Å². The number of morpholine rings is 1. The summed E-state index contributed by atoms with van der Waals surface area (Å²) >= 11 is 0. The molecule has 3 aliphatic heterocycles. The number of carbonyl (C=O) groups is 1. The number of anilines is 1. The van der Waals surface area contributed by atoms with Gasteiger partial charge in [0.05, 0.1) is 18.8 Å². The number of carbonyl (C=O) groups excluding carboxylic acids is 1. The number of piperidine rings is 1. The third kappa shape index (κ3) is 3.83. The second kappa shape index (κ2) is 7.76. The predicted molar refractivity (Wildman–Crippen MR) is 104 cm³/mol. The zero-order valence-corrected chi connectivity index (χ0v) is 16.3. The SMILES string of the molecule is CC1(N2CCCC2)CCN(C(=O)c2cc(F)ccc2N2CCOCC2)CC1. The van der Waals surface area contributed by atoms with Crippen LogP contribution in [-0.2, 0) is 4.74 Å². The van der Waals surface area contributed by atoms with Crippen molar-refractivity contribution in [1.82, 2.24) is 9.80 Å². The van der Waals surface area contributed by atoms with E-state index in [0.717, 1.165) is 44.7 Å². The monoisotopic (exact) mass is 375 g/mol. The van der Waals surface area contributed by atoms with Crippen LogP contribution in [0.3, 0.4) is 0 Å². The molecule has 1 aromatic carbocycles. The lowest BCUT2D eigenvalue weighted by atomic mass is 9.87. The molecule has 3 saturated heterocycles. The first-order valence-electron chi connectivity index (χ1n) is 10.2. The molecule has 0 radical (unpaired) electrons. The fourth-order valence-corrected chi connectivity index (χ4v) is 4.69. The number of benzene rings is 1. The molecule has 27 heavy (non-hydrogen) atoms. The third-order valence-electron chi connectivity index (χ3n) is 6.54. The molecule has 1 aromatic rings. The predicted octanol–water partition coefficient (Wildman–Crippen LogP) is 2.75. The van der Waals surface area contributed by atoms with Gasteiger partial charge in [-0.3, -0.25) is 9.69 Å². The summed E-state index contributed by atoms with van der Waals surface area (Å²) in [4.78, 5) is 19.9. The van der Waals surface area contributed by atoms with Gasteiger partial charge in [-0.05, 0) is 63.9 Å². The maximum atomic E-state index is 13.9. The first kappa shape index (κ1) is 18.7. The van der Waals surface area contributed by atoms with Crippen LogP contribution in [0.4, 0.5) is 10.1 Å². The minimum Gasteiger partial charge on any atom is -0.378 e. The maximum absolute atomic E-state index is 13.9. The van der Waals surface area contributed by atoms with Crippen LogP contribution in [0.1, 0.15) is 43.0 Å². The normalized spacial score (nSPS) is 23.6. The van der Waals surface area contributed by atoms with Crippen molar-refractivity contribution in [3.05, 3.63) is 29.6 Å². The lowest BCUT2D eigenvalue weighted by Crippen LogP contribution is -2.53. The molecule has 0 unspecified atom stereocenters. The van der Waals surface area contributed by atoms with Gasteiger partial charge >= 0.3 is 0 Å². The van der Waals surface area contributed by atoms with Gasteiger partial charge < -0.3 is 14.5 Å². The number of likely N-dealkylation sites (tertiary alicyclic amines) is 2. The van der Waals surface area contributed by atoms with Crippen molar-refractivity contribution < 1.29 is 13.9 Å². The summed E-state index contributed by atoms with van der Waals surface area (Å²) in [6.07, 6.45) is 4.54. The van der Waals surface area contributed by atoms with Crippen molar-refractivity contribution in [2.45, 2.75) is 38.1 Å². The number of rotatable bonds is 3. The van der Waals surface area contributed by atoms with Crippen LogP contribution >= 0.6 is 0 Å². The van der Waals surface area contributed by atoms with Crippen LogP contribution in [0.5, 0.6) is 0 Å². The molecule has 3 heterocycles. The lowest BCUT2D eigenvalue weighted by Gasteiger charge is -2.45. The topological polar surface area (TPSA) is 36.0 Å². The molecule has 0 bridgehead atoms. The quantitative estimate of drug-likeness (QED) is 0.814. The Morgan fingerprint density at radius 3 is 2.37 bits per heavy atom. The number of halogens is 1. The molecule has 0 aromatic heterocycles. The van der Waals surface area contributed by atoms with Gasteiger partial charge in [0.15, 0.2) is 0 Å². The fourth-order valence-electron chi connectivity index (χ4n) is 4.69. The van der Waals surface area contributed by atoms with E-state index in [1.807, 2.05) is 4.90 Å². The molecule has 148 valence electrons. The van der Waals surface area contributed by atoms with E-state index in [9.17, 15) is 9.18 Å². The van der Waals surface area contributed by atoms with Gasteiger partial charge in [-0.15, -0.1) is 0 Å². The van der Waals surface area contributed by atoms with E-state index in [4.69, 9.17) is 4.74 Å². The Kier molecular flexibility index (Phi) is 5.37. The van der Waals surface area contributed by atoms with Crippen molar-refractivity contribution in [3.8, 4) is 0 Å². The van der Waals surface area contributed by atoms with Crippen molar-refractivity contribution in [3.63, 3.8) is 0 Å². The van der Waals surface area contributed by atoms with Crippen molar-refractivity contribution in [2.75, 3.05) is 57.4 Å². The minimum atomic E-state index is -0.353. The average Bonchev–Trinajstić information content (AvgIpc) is 3.24. The number of hydrogen-bond donors (Lipinski definition) is 0. The maximum Gasteiger partial charge on any atom is 0.256 e.